The fraction of sp³-hybridized carbons (Fsp3) is 0.0667. The zero-order valence-corrected chi connectivity index (χ0v) is 11.2. The summed E-state index contributed by atoms with van der Waals surface area (Å²) in [5.41, 5.74) is 1.75. The molecule has 0 amide bonds. The SMILES string of the molecule is Cc1cccc(C(=O)O/N=C/c2cccc([N+](=O)[O-])c2)c1. The average Bonchev–Trinajstić information content (AvgIpc) is 2.47. The van der Waals surface area contributed by atoms with Crippen molar-refractivity contribution in [1.29, 1.82) is 0 Å². The molecular weight excluding hydrogens is 272 g/mol. The lowest BCUT2D eigenvalue weighted by atomic mass is 10.1. The van der Waals surface area contributed by atoms with E-state index in [1.807, 2.05) is 13.0 Å². The standard InChI is InChI=1S/C15H12N2O4/c1-11-4-2-6-13(8-11)15(18)21-16-10-12-5-3-7-14(9-12)17(19)20/h2-10H,1H3/b16-10+. The van der Waals surface area contributed by atoms with Crippen LogP contribution in [0.25, 0.3) is 0 Å². The van der Waals surface area contributed by atoms with Gasteiger partial charge in [-0.3, -0.25) is 10.1 Å². The Labute approximate surface area is 120 Å². The molecule has 0 heterocycles. The van der Waals surface area contributed by atoms with E-state index in [1.165, 1.54) is 24.4 Å². The van der Waals surface area contributed by atoms with E-state index in [0.29, 0.717) is 11.1 Å². The average molecular weight is 284 g/mol. The largest absolute Gasteiger partial charge is 0.365 e. The molecule has 0 bridgehead atoms. The van der Waals surface area contributed by atoms with Crippen molar-refractivity contribution in [3.8, 4) is 0 Å². The maximum atomic E-state index is 11.7. The third kappa shape index (κ3) is 3.97. The first-order valence-corrected chi connectivity index (χ1v) is 6.12. The molecule has 2 aromatic rings. The highest BCUT2D eigenvalue weighted by Crippen LogP contribution is 2.11. The van der Waals surface area contributed by atoms with Crippen molar-refractivity contribution in [2.24, 2.45) is 5.16 Å². The van der Waals surface area contributed by atoms with E-state index in [9.17, 15) is 14.9 Å². The Morgan fingerprint density at radius 3 is 2.71 bits per heavy atom. The Morgan fingerprint density at radius 1 is 1.24 bits per heavy atom. The van der Waals surface area contributed by atoms with E-state index in [4.69, 9.17) is 4.84 Å². The molecule has 2 aromatic carbocycles. The Morgan fingerprint density at radius 2 is 2.00 bits per heavy atom. The lowest BCUT2D eigenvalue weighted by Crippen LogP contribution is -2.01. The molecule has 6 heteroatoms. The van der Waals surface area contributed by atoms with Gasteiger partial charge in [-0.15, -0.1) is 0 Å². The molecule has 0 aliphatic heterocycles. The lowest BCUT2D eigenvalue weighted by molar-refractivity contribution is -0.384. The fourth-order valence-corrected chi connectivity index (χ4v) is 1.68. The Balaban J connectivity index is 2.04. The molecule has 106 valence electrons. The van der Waals surface area contributed by atoms with Crippen LogP contribution in [0.2, 0.25) is 0 Å². The number of rotatable bonds is 4. The summed E-state index contributed by atoms with van der Waals surface area (Å²) < 4.78 is 0. The van der Waals surface area contributed by atoms with Gasteiger partial charge in [0.25, 0.3) is 5.69 Å². The highest BCUT2D eigenvalue weighted by Gasteiger charge is 2.07. The second kappa shape index (κ2) is 6.42. The third-order valence-corrected chi connectivity index (χ3v) is 2.67. The molecule has 2 rings (SSSR count). The molecule has 0 aromatic heterocycles. The monoisotopic (exact) mass is 284 g/mol. The normalized spacial score (nSPS) is 10.5. The van der Waals surface area contributed by atoms with Crippen molar-refractivity contribution >= 4 is 17.9 Å². The van der Waals surface area contributed by atoms with Crippen LogP contribution >= 0.6 is 0 Å². The summed E-state index contributed by atoms with van der Waals surface area (Å²) in [5.74, 6) is -0.583. The van der Waals surface area contributed by atoms with Crippen LogP contribution in [0.5, 0.6) is 0 Å². The highest BCUT2D eigenvalue weighted by atomic mass is 16.7. The maximum Gasteiger partial charge on any atom is 0.365 e. The topological polar surface area (TPSA) is 81.8 Å². The predicted octanol–water partition coefficient (Wildman–Crippen LogP) is 3.09. The van der Waals surface area contributed by atoms with E-state index in [-0.39, 0.29) is 5.69 Å². The van der Waals surface area contributed by atoms with Gasteiger partial charge < -0.3 is 4.84 Å². The molecule has 0 spiro atoms. The van der Waals surface area contributed by atoms with Gasteiger partial charge >= 0.3 is 5.97 Å². The molecule has 0 radical (unpaired) electrons. The minimum Gasteiger partial charge on any atom is -0.313 e. The molecule has 0 saturated carbocycles. The zero-order valence-electron chi connectivity index (χ0n) is 11.2. The van der Waals surface area contributed by atoms with Crippen LogP contribution in [0.4, 0.5) is 5.69 Å². The lowest BCUT2D eigenvalue weighted by Gasteiger charge is -1.99. The number of carbonyl (C=O) groups is 1. The number of nitrogens with zero attached hydrogens (tertiary/aromatic N) is 2. The first-order valence-electron chi connectivity index (χ1n) is 6.12. The smallest absolute Gasteiger partial charge is 0.313 e. The number of benzene rings is 2. The zero-order chi connectivity index (χ0) is 15.2. The predicted molar refractivity (Wildman–Crippen MR) is 77.3 cm³/mol. The number of non-ortho nitro benzene ring substituents is 1. The van der Waals surface area contributed by atoms with Crippen LogP contribution in [0.1, 0.15) is 21.5 Å². The van der Waals surface area contributed by atoms with E-state index in [0.717, 1.165) is 5.56 Å². The number of oxime groups is 1. The third-order valence-electron chi connectivity index (χ3n) is 2.67. The van der Waals surface area contributed by atoms with Crippen molar-refractivity contribution in [3.63, 3.8) is 0 Å². The van der Waals surface area contributed by atoms with Crippen molar-refractivity contribution < 1.29 is 14.6 Å². The van der Waals surface area contributed by atoms with Crippen molar-refractivity contribution in [3.05, 3.63) is 75.3 Å². The second-order valence-electron chi connectivity index (χ2n) is 4.33. The van der Waals surface area contributed by atoms with Crippen LogP contribution in [-0.4, -0.2) is 17.1 Å². The van der Waals surface area contributed by atoms with Gasteiger partial charge in [0.1, 0.15) is 0 Å². The van der Waals surface area contributed by atoms with Crippen LogP contribution in [0, 0.1) is 17.0 Å². The molecule has 0 atom stereocenters. The first-order chi connectivity index (χ1) is 10.1. The Kier molecular flexibility index (Phi) is 4.40. The minimum atomic E-state index is -0.583. The summed E-state index contributed by atoms with van der Waals surface area (Å²) in [7, 11) is 0. The number of hydrogen-bond donors (Lipinski definition) is 0. The summed E-state index contributed by atoms with van der Waals surface area (Å²) in [4.78, 5) is 26.6. The van der Waals surface area contributed by atoms with Crippen LogP contribution in [0.3, 0.4) is 0 Å². The molecule has 6 nitrogen and oxygen atoms in total. The Hall–Kier alpha value is -3.02. The quantitative estimate of drug-likeness (QED) is 0.374. The van der Waals surface area contributed by atoms with E-state index in [2.05, 4.69) is 5.16 Å². The van der Waals surface area contributed by atoms with E-state index >= 15 is 0 Å². The Bertz CT molecular complexity index is 710. The number of carbonyl (C=O) groups excluding carboxylic acids is 1. The van der Waals surface area contributed by atoms with E-state index < -0.39 is 10.9 Å². The molecule has 0 unspecified atom stereocenters. The van der Waals surface area contributed by atoms with Gasteiger partial charge in [-0.2, -0.15) is 0 Å². The van der Waals surface area contributed by atoms with Crippen LogP contribution in [0.15, 0.2) is 53.7 Å². The molecule has 0 N–H and O–H groups in total. The van der Waals surface area contributed by atoms with Gasteiger partial charge in [-0.25, -0.2) is 4.79 Å². The van der Waals surface area contributed by atoms with Crippen molar-refractivity contribution in [2.75, 3.05) is 0 Å². The summed E-state index contributed by atoms with van der Waals surface area (Å²) >= 11 is 0. The number of aryl methyl sites for hydroxylation is 1. The number of nitro groups is 1. The van der Waals surface area contributed by atoms with Gasteiger partial charge in [0.2, 0.25) is 0 Å². The van der Waals surface area contributed by atoms with Gasteiger partial charge in [0.15, 0.2) is 0 Å². The van der Waals surface area contributed by atoms with Crippen molar-refractivity contribution in [2.45, 2.75) is 6.92 Å². The molecule has 0 aliphatic rings. The maximum absolute atomic E-state index is 11.7. The number of hydrogen-bond acceptors (Lipinski definition) is 5. The molecule has 21 heavy (non-hydrogen) atoms. The summed E-state index contributed by atoms with van der Waals surface area (Å²) in [6.45, 7) is 1.86. The summed E-state index contributed by atoms with van der Waals surface area (Å²) in [6, 6.07) is 12.8. The molecular formula is C15H12N2O4. The van der Waals surface area contributed by atoms with Crippen LogP contribution in [-0.2, 0) is 4.84 Å². The molecule has 0 fully saturated rings. The summed E-state index contributed by atoms with van der Waals surface area (Å²) in [5, 5.41) is 14.2. The van der Waals surface area contributed by atoms with Gasteiger partial charge in [0, 0.05) is 17.7 Å². The molecule has 0 aliphatic carbocycles. The van der Waals surface area contributed by atoms with Crippen LogP contribution < -0.4 is 0 Å². The second-order valence-corrected chi connectivity index (χ2v) is 4.33. The minimum absolute atomic E-state index is 0.0519. The molecule has 0 saturated heterocycles. The van der Waals surface area contributed by atoms with Gasteiger partial charge in [-0.1, -0.05) is 35.0 Å². The van der Waals surface area contributed by atoms with Gasteiger partial charge in [0.05, 0.1) is 16.7 Å². The van der Waals surface area contributed by atoms with Crippen molar-refractivity contribution in [1.82, 2.24) is 0 Å². The van der Waals surface area contributed by atoms with Gasteiger partial charge in [-0.05, 0) is 19.1 Å². The van der Waals surface area contributed by atoms with E-state index in [1.54, 1.807) is 24.3 Å². The highest BCUT2D eigenvalue weighted by molar-refractivity contribution is 5.90. The first kappa shape index (κ1) is 14.4. The number of nitro benzene ring substituents is 1. The summed E-state index contributed by atoms with van der Waals surface area (Å²) in [6.07, 6.45) is 1.25. The fourth-order valence-electron chi connectivity index (χ4n) is 1.68.